The van der Waals surface area contributed by atoms with Gasteiger partial charge in [-0.2, -0.15) is 5.10 Å². The molecule has 2 amide bonds. The first-order valence-corrected chi connectivity index (χ1v) is 10.4. The number of carbonyl (C=O) groups excluding carboxylic acids is 2. The van der Waals surface area contributed by atoms with E-state index < -0.39 is 5.91 Å². The van der Waals surface area contributed by atoms with Crippen LogP contribution in [0.3, 0.4) is 0 Å². The lowest BCUT2D eigenvalue weighted by Gasteiger charge is -2.13. The van der Waals surface area contributed by atoms with E-state index in [4.69, 9.17) is 20.8 Å². The molecule has 2 N–H and O–H groups in total. The predicted molar refractivity (Wildman–Crippen MR) is 121 cm³/mol. The molecule has 1 aliphatic carbocycles. The number of carbonyl (C=O) groups is 2. The molecule has 164 valence electrons. The van der Waals surface area contributed by atoms with Crippen LogP contribution in [0, 0.1) is 6.92 Å². The molecule has 0 atom stereocenters. The molecule has 0 radical (unpaired) electrons. The maximum absolute atomic E-state index is 12.8. The van der Waals surface area contributed by atoms with Gasteiger partial charge >= 0.3 is 0 Å². The SMILES string of the molecule is COc1cccc(C(=O)N/N=C2\CCCc3oc(C(=O)Nc4ccc(Cl)cn4)c(C)c32)c1. The Bertz CT molecular complexity index is 1200. The fourth-order valence-corrected chi connectivity index (χ4v) is 3.68. The van der Waals surface area contributed by atoms with E-state index in [-0.39, 0.29) is 11.7 Å². The summed E-state index contributed by atoms with van der Waals surface area (Å²) >= 11 is 5.84. The number of aryl methyl sites for hydroxylation is 1. The Morgan fingerprint density at radius 3 is 2.78 bits per heavy atom. The van der Waals surface area contributed by atoms with Crippen LogP contribution in [0.4, 0.5) is 5.82 Å². The van der Waals surface area contributed by atoms with Gasteiger partial charge < -0.3 is 14.5 Å². The highest BCUT2D eigenvalue weighted by Crippen LogP contribution is 2.30. The van der Waals surface area contributed by atoms with Crippen LogP contribution in [0.25, 0.3) is 0 Å². The zero-order valence-corrected chi connectivity index (χ0v) is 18.3. The van der Waals surface area contributed by atoms with Crippen molar-refractivity contribution in [3.63, 3.8) is 0 Å². The van der Waals surface area contributed by atoms with E-state index in [0.717, 1.165) is 12.0 Å². The molecule has 0 bridgehead atoms. The van der Waals surface area contributed by atoms with Crippen LogP contribution in [0.15, 0.2) is 52.1 Å². The van der Waals surface area contributed by atoms with E-state index in [9.17, 15) is 9.59 Å². The van der Waals surface area contributed by atoms with Gasteiger partial charge in [0.15, 0.2) is 5.76 Å². The molecule has 0 spiro atoms. The van der Waals surface area contributed by atoms with Gasteiger partial charge in [0, 0.05) is 29.3 Å². The average molecular weight is 453 g/mol. The number of benzene rings is 1. The van der Waals surface area contributed by atoms with E-state index in [2.05, 4.69) is 20.8 Å². The standard InChI is InChI=1S/C23H21ClN4O4/c1-13-20-17(27-28-22(29)14-5-3-6-16(11-14)31-2)7-4-8-18(20)32-21(13)23(30)26-19-10-9-15(24)12-25-19/h3,5-6,9-12H,4,7-8H2,1-2H3,(H,28,29)(H,25,26,30)/b27-17+. The Kier molecular flexibility index (Phi) is 6.23. The summed E-state index contributed by atoms with van der Waals surface area (Å²) in [6, 6.07) is 10.1. The molecule has 2 heterocycles. The molecule has 2 aromatic heterocycles. The van der Waals surface area contributed by atoms with Crippen molar-refractivity contribution in [2.75, 3.05) is 12.4 Å². The first-order chi connectivity index (χ1) is 15.5. The summed E-state index contributed by atoms with van der Waals surface area (Å²) < 4.78 is 11.0. The number of furan rings is 1. The van der Waals surface area contributed by atoms with Crippen LogP contribution in [-0.4, -0.2) is 29.6 Å². The van der Waals surface area contributed by atoms with Gasteiger partial charge in [-0.15, -0.1) is 0 Å². The van der Waals surface area contributed by atoms with E-state index in [1.165, 1.54) is 6.20 Å². The minimum Gasteiger partial charge on any atom is -0.497 e. The molecule has 0 fully saturated rings. The third-order valence-electron chi connectivity index (χ3n) is 5.13. The number of hydrazone groups is 1. The molecule has 1 aromatic carbocycles. The lowest BCUT2D eigenvalue weighted by atomic mass is 9.93. The third-order valence-corrected chi connectivity index (χ3v) is 5.35. The number of aromatic nitrogens is 1. The van der Waals surface area contributed by atoms with E-state index >= 15 is 0 Å². The van der Waals surface area contributed by atoms with E-state index in [0.29, 0.717) is 52.0 Å². The van der Waals surface area contributed by atoms with Gasteiger partial charge in [-0.1, -0.05) is 17.7 Å². The molecule has 8 nitrogen and oxygen atoms in total. The first kappa shape index (κ1) is 21.6. The Morgan fingerprint density at radius 2 is 2.03 bits per heavy atom. The van der Waals surface area contributed by atoms with Crippen molar-refractivity contribution >= 4 is 34.9 Å². The first-order valence-electron chi connectivity index (χ1n) is 10.0. The van der Waals surface area contributed by atoms with Gasteiger partial charge in [-0.3, -0.25) is 9.59 Å². The molecule has 9 heteroatoms. The van der Waals surface area contributed by atoms with Gasteiger partial charge in [0.1, 0.15) is 17.3 Å². The van der Waals surface area contributed by atoms with Crippen LogP contribution in [-0.2, 0) is 6.42 Å². The number of nitrogens with one attached hydrogen (secondary N) is 2. The Hall–Kier alpha value is -3.65. The fraction of sp³-hybridized carbons (Fsp3) is 0.217. The molecule has 4 rings (SSSR count). The van der Waals surface area contributed by atoms with Crippen molar-refractivity contribution in [3.05, 3.63) is 75.8 Å². The minimum absolute atomic E-state index is 0.195. The fourth-order valence-electron chi connectivity index (χ4n) is 3.57. The van der Waals surface area contributed by atoms with Crippen molar-refractivity contribution in [1.82, 2.24) is 10.4 Å². The quantitative estimate of drug-likeness (QED) is 0.559. The summed E-state index contributed by atoms with van der Waals surface area (Å²) in [7, 11) is 1.54. The molecular weight excluding hydrogens is 432 g/mol. The number of ether oxygens (including phenoxy) is 1. The molecule has 0 saturated carbocycles. The topological polar surface area (TPSA) is 106 Å². The summed E-state index contributed by atoms with van der Waals surface area (Å²) in [6.07, 6.45) is 3.59. The number of rotatable bonds is 5. The molecule has 0 aliphatic heterocycles. The highest BCUT2D eigenvalue weighted by atomic mass is 35.5. The number of anilines is 1. The van der Waals surface area contributed by atoms with Crippen LogP contribution in [0.5, 0.6) is 5.75 Å². The van der Waals surface area contributed by atoms with Crippen molar-refractivity contribution in [3.8, 4) is 5.75 Å². The normalized spacial score (nSPS) is 14.0. The lowest BCUT2D eigenvalue weighted by Crippen LogP contribution is -2.22. The Morgan fingerprint density at radius 1 is 1.19 bits per heavy atom. The summed E-state index contributed by atoms with van der Waals surface area (Å²) in [5.74, 6) is 1.06. The Balaban J connectivity index is 1.55. The van der Waals surface area contributed by atoms with Crippen molar-refractivity contribution < 1.29 is 18.7 Å². The molecule has 3 aromatic rings. The molecule has 0 unspecified atom stereocenters. The highest BCUT2D eigenvalue weighted by Gasteiger charge is 2.28. The molecule has 1 aliphatic rings. The van der Waals surface area contributed by atoms with Crippen molar-refractivity contribution in [2.24, 2.45) is 5.10 Å². The number of amides is 2. The third kappa shape index (κ3) is 4.50. The minimum atomic E-state index is -0.411. The monoisotopic (exact) mass is 452 g/mol. The Labute approximate surface area is 189 Å². The summed E-state index contributed by atoms with van der Waals surface area (Å²) in [6.45, 7) is 1.80. The molecule has 32 heavy (non-hydrogen) atoms. The van der Waals surface area contributed by atoms with E-state index in [1.54, 1.807) is 50.4 Å². The molecule has 0 saturated heterocycles. The number of methoxy groups -OCH3 is 1. The number of hydrogen-bond acceptors (Lipinski definition) is 6. The lowest BCUT2D eigenvalue weighted by molar-refractivity contribution is 0.0953. The maximum Gasteiger partial charge on any atom is 0.292 e. The second kappa shape index (κ2) is 9.23. The van der Waals surface area contributed by atoms with Crippen molar-refractivity contribution in [1.29, 1.82) is 0 Å². The number of fused-ring (bicyclic) bond motifs is 1. The largest absolute Gasteiger partial charge is 0.497 e. The predicted octanol–water partition coefficient (Wildman–Crippen LogP) is 4.37. The van der Waals surface area contributed by atoms with Gasteiger partial charge in [0.05, 0.1) is 17.8 Å². The smallest absolute Gasteiger partial charge is 0.292 e. The van der Waals surface area contributed by atoms with Gasteiger partial charge in [0.2, 0.25) is 0 Å². The van der Waals surface area contributed by atoms with Crippen LogP contribution >= 0.6 is 11.6 Å². The second-order valence-corrected chi connectivity index (χ2v) is 7.69. The van der Waals surface area contributed by atoms with Crippen molar-refractivity contribution in [2.45, 2.75) is 26.2 Å². The summed E-state index contributed by atoms with van der Waals surface area (Å²) in [5.41, 5.74) is 5.14. The number of hydrogen-bond donors (Lipinski definition) is 2. The zero-order chi connectivity index (χ0) is 22.7. The summed E-state index contributed by atoms with van der Waals surface area (Å²) in [4.78, 5) is 29.3. The summed E-state index contributed by atoms with van der Waals surface area (Å²) in [5, 5.41) is 7.53. The number of pyridine rings is 1. The number of halogens is 1. The van der Waals surface area contributed by atoms with Crippen LogP contribution in [0.2, 0.25) is 5.02 Å². The van der Waals surface area contributed by atoms with Gasteiger partial charge in [-0.05, 0) is 50.1 Å². The highest BCUT2D eigenvalue weighted by molar-refractivity contribution is 6.30. The maximum atomic E-state index is 12.8. The van der Waals surface area contributed by atoms with Gasteiger partial charge in [0.25, 0.3) is 11.8 Å². The van der Waals surface area contributed by atoms with Crippen LogP contribution in [0.1, 0.15) is 50.6 Å². The average Bonchev–Trinajstić information content (AvgIpc) is 3.16. The van der Waals surface area contributed by atoms with Gasteiger partial charge in [-0.25, -0.2) is 10.4 Å². The molecular formula is C23H21ClN4O4. The van der Waals surface area contributed by atoms with E-state index in [1.807, 2.05) is 0 Å². The van der Waals surface area contributed by atoms with Crippen LogP contribution < -0.4 is 15.5 Å². The second-order valence-electron chi connectivity index (χ2n) is 7.26. The zero-order valence-electron chi connectivity index (χ0n) is 17.6. The number of nitrogens with zero attached hydrogens (tertiary/aromatic N) is 2.